The van der Waals surface area contributed by atoms with Gasteiger partial charge in [-0.3, -0.25) is 14.4 Å². The molecule has 0 saturated heterocycles. The Bertz CT molecular complexity index is 2790. The quantitative estimate of drug-likeness (QED) is 0.0915. The van der Waals surface area contributed by atoms with Crippen molar-refractivity contribution in [3.8, 4) is 5.75 Å². The Kier molecular flexibility index (Phi) is 9.80. The highest BCUT2D eigenvalue weighted by molar-refractivity contribution is 6.29. The highest BCUT2D eigenvalue weighted by Gasteiger charge is 2.26. The molecule has 0 aliphatic heterocycles. The number of carbonyl (C=O) groups is 3. The molecule has 0 fully saturated rings. The molecule has 0 bridgehead atoms. The summed E-state index contributed by atoms with van der Waals surface area (Å²) in [6.45, 7) is 11.0. The molecule has 0 N–H and O–H groups in total. The van der Waals surface area contributed by atoms with Crippen LogP contribution in [0.5, 0.6) is 5.75 Å². The van der Waals surface area contributed by atoms with Crippen LogP contribution in [0.2, 0.25) is 0 Å². The Morgan fingerprint density at radius 2 is 0.860 bits per heavy atom. The van der Waals surface area contributed by atoms with E-state index < -0.39 is 0 Å². The Hall–Kier alpha value is -6.79. The van der Waals surface area contributed by atoms with E-state index in [4.69, 9.17) is 4.74 Å². The van der Waals surface area contributed by atoms with Crippen LogP contribution >= 0.6 is 0 Å². The summed E-state index contributed by atoms with van der Waals surface area (Å²) < 4.78 is 5.55. The predicted octanol–water partition coefficient (Wildman–Crippen LogP) is 13.5. The van der Waals surface area contributed by atoms with Crippen molar-refractivity contribution in [1.29, 1.82) is 0 Å². The lowest BCUT2D eigenvalue weighted by Gasteiger charge is -2.32. The first-order chi connectivity index (χ1) is 27.6. The van der Waals surface area contributed by atoms with E-state index in [0.29, 0.717) is 16.7 Å². The molecular weight excluding hydrogens is 705 g/mol. The minimum atomic E-state index is 0.197. The van der Waals surface area contributed by atoms with Gasteiger partial charge in [-0.1, -0.05) is 52.0 Å². The van der Waals surface area contributed by atoms with Gasteiger partial charge in [-0.05, 0) is 160 Å². The SMILES string of the molecule is COc1ccc(N(c2ccc(C=O)cc2)c2cc(C(C)C)c3ccc4c(N(c5ccc(C=O)cc5)c5ccc(C=O)cc5C)cc(C(C)C)c5ccc2c3c54)cc1. The zero-order valence-corrected chi connectivity index (χ0v) is 33.0. The molecule has 8 aromatic carbocycles. The molecule has 0 amide bonds. The molecule has 6 nitrogen and oxygen atoms in total. The van der Waals surface area contributed by atoms with Crippen molar-refractivity contribution < 1.29 is 19.1 Å². The molecule has 0 aromatic heterocycles. The van der Waals surface area contributed by atoms with Crippen molar-refractivity contribution in [2.75, 3.05) is 16.9 Å². The molecule has 0 spiro atoms. The highest BCUT2D eigenvalue weighted by Crippen LogP contribution is 2.51. The van der Waals surface area contributed by atoms with Crippen molar-refractivity contribution in [2.45, 2.75) is 46.5 Å². The topological polar surface area (TPSA) is 66.9 Å². The Balaban J connectivity index is 1.50. The van der Waals surface area contributed by atoms with E-state index in [1.54, 1.807) is 7.11 Å². The van der Waals surface area contributed by atoms with Crippen LogP contribution in [0.3, 0.4) is 0 Å². The van der Waals surface area contributed by atoms with Crippen LogP contribution in [0.15, 0.2) is 127 Å². The number of benzene rings is 8. The number of methoxy groups -OCH3 is 1. The minimum absolute atomic E-state index is 0.197. The van der Waals surface area contributed by atoms with Crippen molar-refractivity contribution >= 4 is 85.3 Å². The van der Waals surface area contributed by atoms with E-state index >= 15 is 0 Å². The highest BCUT2D eigenvalue weighted by atomic mass is 16.5. The predicted molar refractivity (Wildman–Crippen MR) is 235 cm³/mol. The summed E-state index contributed by atoms with van der Waals surface area (Å²) in [4.78, 5) is 39.9. The van der Waals surface area contributed by atoms with Crippen LogP contribution in [-0.4, -0.2) is 26.0 Å². The normalized spacial score (nSPS) is 11.5. The molecule has 0 unspecified atom stereocenters. The van der Waals surface area contributed by atoms with Gasteiger partial charge in [0.05, 0.1) is 18.5 Å². The second-order valence-corrected chi connectivity index (χ2v) is 15.3. The van der Waals surface area contributed by atoms with Gasteiger partial charge in [0.2, 0.25) is 0 Å². The molecule has 0 atom stereocenters. The van der Waals surface area contributed by atoms with Crippen molar-refractivity contribution in [2.24, 2.45) is 0 Å². The van der Waals surface area contributed by atoms with Gasteiger partial charge in [0.25, 0.3) is 0 Å². The van der Waals surface area contributed by atoms with Crippen molar-refractivity contribution in [3.05, 3.63) is 161 Å². The van der Waals surface area contributed by atoms with Gasteiger partial charge in [-0.25, -0.2) is 0 Å². The first kappa shape index (κ1) is 37.1. The fourth-order valence-electron chi connectivity index (χ4n) is 8.31. The Morgan fingerprint density at radius 1 is 0.456 bits per heavy atom. The zero-order valence-electron chi connectivity index (χ0n) is 33.0. The summed E-state index contributed by atoms with van der Waals surface area (Å²) in [5.41, 5.74) is 11.0. The molecule has 0 aliphatic rings. The van der Waals surface area contributed by atoms with E-state index in [2.05, 4.69) is 86.0 Å². The summed E-state index contributed by atoms with van der Waals surface area (Å²) in [6.07, 6.45) is 2.61. The second kappa shape index (κ2) is 15.0. The number of hydrogen-bond acceptors (Lipinski definition) is 6. The van der Waals surface area contributed by atoms with E-state index in [0.717, 1.165) is 75.1 Å². The van der Waals surface area contributed by atoms with E-state index in [-0.39, 0.29) is 11.8 Å². The number of anilines is 6. The number of rotatable bonds is 12. The van der Waals surface area contributed by atoms with Crippen LogP contribution in [0.1, 0.15) is 87.3 Å². The number of hydrogen-bond donors (Lipinski definition) is 0. The van der Waals surface area contributed by atoms with Crippen LogP contribution in [0.4, 0.5) is 34.1 Å². The van der Waals surface area contributed by atoms with Gasteiger partial charge in [-0.2, -0.15) is 0 Å². The van der Waals surface area contributed by atoms with Gasteiger partial charge in [0.15, 0.2) is 0 Å². The summed E-state index contributed by atoms with van der Waals surface area (Å²) in [5.74, 6) is 1.17. The smallest absolute Gasteiger partial charge is 0.150 e. The third-order valence-electron chi connectivity index (χ3n) is 11.1. The lowest BCUT2D eigenvalue weighted by molar-refractivity contribution is 0.111. The third-order valence-corrected chi connectivity index (χ3v) is 11.1. The maximum absolute atomic E-state index is 11.9. The van der Waals surface area contributed by atoms with E-state index in [9.17, 15) is 14.4 Å². The molecule has 8 rings (SSSR count). The monoisotopic (exact) mass is 748 g/mol. The van der Waals surface area contributed by atoms with Gasteiger partial charge < -0.3 is 14.5 Å². The lowest BCUT2D eigenvalue weighted by atomic mass is 9.84. The first-order valence-corrected chi connectivity index (χ1v) is 19.3. The van der Waals surface area contributed by atoms with Crippen molar-refractivity contribution in [3.63, 3.8) is 0 Å². The van der Waals surface area contributed by atoms with Crippen LogP contribution in [0, 0.1) is 6.92 Å². The molecule has 0 saturated carbocycles. The first-order valence-electron chi connectivity index (χ1n) is 19.3. The number of aryl methyl sites for hydroxylation is 1. The average molecular weight is 749 g/mol. The Morgan fingerprint density at radius 3 is 1.28 bits per heavy atom. The zero-order chi connectivity index (χ0) is 40.0. The second-order valence-electron chi connectivity index (χ2n) is 15.3. The Labute approximate surface area is 333 Å². The van der Waals surface area contributed by atoms with Gasteiger partial charge in [0, 0.05) is 50.2 Å². The molecular formula is C51H44N2O4. The van der Waals surface area contributed by atoms with Crippen LogP contribution < -0.4 is 14.5 Å². The molecule has 0 radical (unpaired) electrons. The lowest BCUT2D eigenvalue weighted by Crippen LogP contribution is -2.14. The molecule has 8 aromatic rings. The van der Waals surface area contributed by atoms with Crippen LogP contribution in [-0.2, 0) is 0 Å². The molecule has 0 heterocycles. The number of nitrogens with zero attached hydrogens (tertiary/aromatic N) is 2. The summed E-state index contributed by atoms with van der Waals surface area (Å²) >= 11 is 0. The maximum Gasteiger partial charge on any atom is 0.150 e. The number of aldehydes is 3. The van der Waals surface area contributed by atoms with E-state index in [1.165, 1.54) is 32.7 Å². The van der Waals surface area contributed by atoms with E-state index in [1.807, 2.05) is 85.8 Å². The fraction of sp³-hybridized carbons (Fsp3) is 0.157. The van der Waals surface area contributed by atoms with Crippen molar-refractivity contribution in [1.82, 2.24) is 0 Å². The minimum Gasteiger partial charge on any atom is -0.497 e. The summed E-state index contributed by atoms with van der Waals surface area (Å²) in [6, 6.07) is 43.0. The standard InChI is InChI=1S/C51H44N2O4/c1-31(2)45-26-48(52(37-12-7-34(28-54)8-13-37)38-16-18-40(57-6)19-17-38)43-22-20-42-46(32(3)4)27-49(44-23-21-41(45)50(43)51(42)44)53(39-14-9-35(29-55)10-15-39)47-24-11-36(30-56)25-33(47)5/h7-32H,1-6H3. The van der Waals surface area contributed by atoms with Gasteiger partial charge in [-0.15, -0.1) is 0 Å². The number of carbonyl (C=O) groups excluding carboxylic acids is 3. The summed E-state index contributed by atoms with van der Waals surface area (Å²) in [5, 5.41) is 6.95. The summed E-state index contributed by atoms with van der Waals surface area (Å²) in [7, 11) is 1.67. The number of ether oxygens (including phenoxy) is 1. The largest absolute Gasteiger partial charge is 0.497 e. The molecule has 57 heavy (non-hydrogen) atoms. The maximum atomic E-state index is 11.9. The average Bonchev–Trinajstić information content (AvgIpc) is 3.24. The van der Waals surface area contributed by atoms with Gasteiger partial charge >= 0.3 is 0 Å². The molecule has 0 aliphatic carbocycles. The van der Waals surface area contributed by atoms with Gasteiger partial charge in [0.1, 0.15) is 24.6 Å². The molecule has 282 valence electrons. The van der Waals surface area contributed by atoms with Crippen LogP contribution in [0.25, 0.3) is 32.3 Å². The third kappa shape index (κ3) is 6.47. The fourth-order valence-corrected chi connectivity index (χ4v) is 8.31. The molecule has 6 heteroatoms.